The average molecular weight is 297 g/mol. The Morgan fingerprint density at radius 2 is 1.90 bits per heavy atom. The van der Waals surface area contributed by atoms with E-state index in [4.69, 9.17) is 5.73 Å². The normalized spacial score (nSPS) is 30.7. The maximum atomic E-state index is 9.61. The number of nitrogens with two attached hydrogens (primary N) is 1. The van der Waals surface area contributed by atoms with E-state index in [9.17, 15) is 5.11 Å². The minimum atomic E-state index is 0.100. The highest BCUT2D eigenvalue weighted by Gasteiger charge is 2.37. The van der Waals surface area contributed by atoms with E-state index >= 15 is 0 Å². The van der Waals surface area contributed by atoms with Gasteiger partial charge < -0.3 is 21.1 Å². The number of nitrogens with one attached hydrogen (secondary N) is 1. The van der Waals surface area contributed by atoms with E-state index in [1.54, 1.807) is 0 Å². The maximum absolute atomic E-state index is 9.61. The Bertz CT molecular complexity index is 300. The minimum Gasteiger partial charge on any atom is -0.396 e. The third kappa shape index (κ3) is 4.65. The second-order valence-electron chi connectivity index (χ2n) is 7.66. The van der Waals surface area contributed by atoms with Gasteiger partial charge in [-0.05, 0) is 50.6 Å². The molecule has 21 heavy (non-hydrogen) atoms. The highest BCUT2D eigenvalue weighted by atomic mass is 16.3. The van der Waals surface area contributed by atoms with Gasteiger partial charge in [0.2, 0.25) is 0 Å². The zero-order valence-electron chi connectivity index (χ0n) is 14.0. The largest absolute Gasteiger partial charge is 0.396 e. The van der Waals surface area contributed by atoms with Crippen molar-refractivity contribution >= 4 is 0 Å². The molecule has 0 bridgehead atoms. The van der Waals surface area contributed by atoms with Gasteiger partial charge in [-0.2, -0.15) is 0 Å². The molecule has 1 aliphatic heterocycles. The van der Waals surface area contributed by atoms with Crippen LogP contribution in [0.3, 0.4) is 0 Å². The van der Waals surface area contributed by atoms with Crippen LogP contribution in [0.25, 0.3) is 0 Å². The first-order valence-corrected chi connectivity index (χ1v) is 8.89. The molecule has 2 unspecified atom stereocenters. The van der Waals surface area contributed by atoms with E-state index in [0.29, 0.717) is 18.6 Å². The standard InChI is InChI=1S/C17H35N3O/c1-14(2)11-20-9-7-17(13-18,8-10-20)19-16-6-4-3-5-15(16)12-21/h14-16,19,21H,3-13,18H2,1-2H3. The summed E-state index contributed by atoms with van der Waals surface area (Å²) in [4.78, 5) is 2.57. The Labute approximate surface area is 130 Å². The molecule has 1 saturated carbocycles. The fourth-order valence-electron chi connectivity index (χ4n) is 4.10. The molecule has 2 atom stereocenters. The number of hydrogen-bond acceptors (Lipinski definition) is 4. The molecule has 4 nitrogen and oxygen atoms in total. The van der Waals surface area contributed by atoms with Crippen molar-refractivity contribution in [3.8, 4) is 0 Å². The summed E-state index contributed by atoms with van der Waals surface area (Å²) in [6, 6.07) is 0.462. The number of nitrogens with zero attached hydrogens (tertiary/aromatic N) is 1. The first-order valence-electron chi connectivity index (χ1n) is 8.89. The summed E-state index contributed by atoms with van der Waals surface area (Å²) < 4.78 is 0. The lowest BCUT2D eigenvalue weighted by atomic mass is 9.80. The fourth-order valence-corrected chi connectivity index (χ4v) is 4.10. The minimum absolute atomic E-state index is 0.100. The number of likely N-dealkylation sites (tertiary alicyclic amines) is 1. The van der Waals surface area contributed by atoms with Crippen molar-refractivity contribution in [1.82, 2.24) is 10.2 Å². The summed E-state index contributed by atoms with van der Waals surface area (Å²) in [7, 11) is 0. The molecular formula is C17H35N3O. The van der Waals surface area contributed by atoms with Crippen molar-refractivity contribution in [2.45, 2.75) is 64.0 Å². The van der Waals surface area contributed by atoms with Crippen molar-refractivity contribution in [1.29, 1.82) is 0 Å². The van der Waals surface area contributed by atoms with E-state index in [1.807, 2.05) is 0 Å². The van der Waals surface area contributed by atoms with Crippen LogP contribution in [0.5, 0.6) is 0 Å². The molecule has 0 amide bonds. The first kappa shape index (κ1) is 17.2. The molecule has 1 saturated heterocycles. The lowest BCUT2D eigenvalue weighted by Crippen LogP contribution is -2.62. The molecule has 0 aromatic rings. The van der Waals surface area contributed by atoms with Gasteiger partial charge in [0.1, 0.15) is 0 Å². The molecule has 0 aromatic carbocycles. The highest BCUT2D eigenvalue weighted by Crippen LogP contribution is 2.29. The van der Waals surface area contributed by atoms with E-state index < -0.39 is 0 Å². The van der Waals surface area contributed by atoms with Crippen LogP contribution in [0.4, 0.5) is 0 Å². The molecule has 2 fully saturated rings. The number of rotatable bonds is 6. The van der Waals surface area contributed by atoms with Crippen molar-refractivity contribution < 1.29 is 5.11 Å². The molecular weight excluding hydrogens is 262 g/mol. The Morgan fingerprint density at radius 3 is 2.48 bits per heavy atom. The summed E-state index contributed by atoms with van der Waals surface area (Å²) in [5, 5.41) is 13.5. The van der Waals surface area contributed by atoms with Crippen LogP contribution in [0.1, 0.15) is 52.4 Å². The molecule has 4 heteroatoms. The third-order valence-corrected chi connectivity index (χ3v) is 5.46. The lowest BCUT2D eigenvalue weighted by Gasteiger charge is -2.46. The van der Waals surface area contributed by atoms with Crippen LogP contribution in [0.2, 0.25) is 0 Å². The molecule has 2 aliphatic rings. The quantitative estimate of drug-likeness (QED) is 0.696. The van der Waals surface area contributed by atoms with Gasteiger partial charge in [0.25, 0.3) is 0 Å². The van der Waals surface area contributed by atoms with Crippen LogP contribution in [-0.4, -0.2) is 54.4 Å². The number of piperidine rings is 1. The van der Waals surface area contributed by atoms with Gasteiger partial charge in [-0.15, -0.1) is 0 Å². The van der Waals surface area contributed by atoms with Crippen molar-refractivity contribution in [2.24, 2.45) is 17.6 Å². The van der Waals surface area contributed by atoms with Crippen molar-refractivity contribution in [3.05, 3.63) is 0 Å². The van der Waals surface area contributed by atoms with Crippen molar-refractivity contribution in [3.63, 3.8) is 0 Å². The summed E-state index contributed by atoms with van der Waals surface area (Å²) in [5.41, 5.74) is 6.25. The summed E-state index contributed by atoms with van der Waals surface area (Å²) in [5.74, 6) is 1.16. The maximum Gasteiger partial charge on any atom is 0.0474 e. The van der Waals surface area contributed by atoms with Crippen LogP contribution >= 0.6 is 0 Å². The van der Waals surface area contributed by atoms with Gasteiger partial charge in [0.15, 0.2) is 0 Å². The van der Waals surface area contributed by atoms with E-state index in [2.05, 4.69) is 24.1 Å². The summed E-state index contributed by atoms with van der Waals surface area (Å²) >= 11 is 0. The number of aliphatic hydroxyl groups excluding tert-OH is 1. The first-order chi connectivity index (χ1) is 10.1. The molecule has 124 valence electrons. The highest BCUT2D eigenvalue weighted by molar-refractivity contribution is 4.98. The zero-order valence-corrected chi connectivity index (χ0v) is 14.0. The van der Waals surface area contributed by atoms with E-state index in [0.717, 1.165) is 44.8 Å². The Balaban J connectivity index is 1.90. The van der Waals surface area contributed by atoms with Crippen LogP contribution in [-0.2, 0) is 0 Å². The van der Waals surface area contributed by atoms with Crippen molar-refractivity contribution in [2.75, 3.05) is 32.8 Å². The molecule has 2 rings (SSSR count). The molecule has 0 spiro atoms. The molecule has 4 N–H and O–H groups in total. The van der Waals surface area contributed by atoms with E-state index in [1.165, 1.54) is 25.8 Å². The fraction of sp³-hybridized carbons (Fsp3) is 1.00. The van der Waals surface area contributed by atoms with E-state index in [-0.39, 0.29) is 5.54 Å². The molecule has 0 radical (unpaired) electrons. The lowest BCUT2D eigenvalue weighted by molar-refractivity contribution is 0.0839. The predicted molar refractivity (Wildman–Crippen MR) is 88.3 cm³/mol. The Kier molecular flexibility index (Phi) is 6.48. The summed E-state index contributed by atoms with van der Waals surface area (Å²) in [6.45, 7) is 9.11. The van der Waals surface area contributed by atoms with Gasteiger partial charge in [-0.1, -0.05) is 26.7 Å². The Hall–Kier alpha value is -0.160. The monoisotopic (exact) mass is 297 g/mol. The smallest absolute Gasteiger partial charge is 0.0474 e. The summed E-state index contributed by atoms with van der Waals surface area (Å²) in [6.07, 6.45) is 7.20. The van der Waals surface area contributed by atoms with Crippen LogP contribution in [0, 0.1) is 11.8 Å². The van der Waals surface area contributed by atoms with Gasteiger partial charge in [-0.25, -0.2) is 0 Å². The second kappa shape index (κ2) is 7.91. The number of hydrogen-bond donors (Lipinski definition) is 3. The van der Waals surface area contributed by atoms with Crippen LogP contribution in [0.15, 0.2) is 0 Å². The SMILES string of the molecule is CC(C)CN1CCC(CN)(NC2CCCCC2CO)CC1. The van der Waals surface area contributed by atoms with Gasteiger partial charge >= 0.3 is 0 Å². The van der Waals surface area contributed by atoms with Gasteiger partial charge in [0, 0.05) is 31.3 Å². The average Bonchev–Trinajstić information content (AvgIpc) is 2.49. The van der Waals surface area contributed by atoms with Gasteiger partial charge in [0.05, 0.1) is 0 Å². The van der Waals surface area contributed by atoms with Gasteiger partial charge in [-0.3, -0.25) is 0 Å². The topological polar surface area (TPSA) is 61.5 Å². The third-order valence-electron chi connectivity index (χ3n) is 5.46. The predicted octanol–water partition coefficient (Wildman–Crippen LogP) is 1.58. The zero-order chi connectivity index (χ0) is 15.3. The molecule has 0 aromatic heterocycles. The second-order valence-corrected chi connectivity index (χ2v) is 7.66. The van der Waals surface area contributed by atoms with Crippen LogP contribution < -0.4 is 11.1 Å². The number of aliphatic hydroxyl groups is 1. The Morgan fingerprint density at radius 1 is 1.24 bits per heavy atom. The molecule has 1 heterocycles. The molecule has 1 aliphatic carbocycles.